The predicted molar refractivity (Wildman–Crippen MR) is 394 cm³/mol. The number of rotatable bonds is 25. The molecule has 0 radical (unpaired) electrons. The number of carbonyl (C=O) groups is 3. The fourth-order valence-corrected chi connectivity index (χ4v) is 15.2. The molecule has 0 bridgehead atoms. The summed E-state index contributed by atoms with van der Waals surface area (Å²) in [6.45, 7) is 17.5. The van der Waals surface area contributed by atoms with E-state index in [4.69, 9.17) is 23.6 Å². The molecule has 110 heavy (non-hydrogen) atoms. The normalized spacial score (nSPS) is 14.2. The first kappa shape index (κ1) is 80.7. The Hall–Kier alpha value is -10.3. The van der Waals surface area contributed by atoms with Gasteiger partial charge in [-0.05, 0) is 195 Å². The molecule has 0 N–H and O–H groups in total. The number of pyridine rings is 1. The molecule has 0 aliphatic carbocycles. The van der Waals surface area contributed by atoms with Gasteiger partial charge in [0.05, 0.1) is 70.1 Å². The van der Waals surface area contributed by atoms with Gasteiger partial charge in [-0.25, -0.2) is 14.2 Å². The van der Waals surface area contributed by atoms with Crippen LogP contribution >= 0.6 is 0 Å². The molecule has 27 heteroatoms. The number of hydrogen-bond acceptors (Lipinski definition) is 10. The number of nitrogens with zero attached hydrogens (tertiary/aromatic N) is 3. The van der Waals surface area contributed by atoms with Gasteiger partial charge >= 0.3 is 50.0 Å². The van der Waals surface area contributed by atoms with Crippen molar-refractivity contribution >= 4 is 80.1 Å². The number of fused-ring (bicyclic) bond motifs is 2. The minimum Gasteiger partial charge on any atom is -0.462 e. The Kier molecular flexibility index (Phi) is 23.2. The molecule has 0 saturated carbocycles. The largest absolute Gasteiger partial charge is 0.677 e. The lowest BCUT2D eigenvalue weighted by Crippen LogP contribution is -2.32. The zero-order chi connectivity index (χ0) is 80.1. The first-order chi connectivity index (χ1) is 51.9. The first-order valence-electron chi connectivity index (χ1n) is 36.1. The van der Waals surface area contributed by atoms with Crippen LogP contribution in [0.5, 0.6) is 5.75 Å². The lowest BCUT2D eigenvalue weighted by molar-refractivity contribution is -0.144. The Morgan fingerprint density at radius 1 is 0.564 bits per heavy atom. The van der Waals surface area contributed by atoms with Crippen LogP contribution in [0, 0.1) is 25.7 Å². The topological polar surface area (TPSA) is 148 Å². The van der Waals surface area contributed by atoms with E-state index in [9.17, 15) is 67.1 Å². The maximum atomic E-state index is 16.2. The van der Waals surface area contributed by atoms with Crippen molar-refractivity contribution in [2.24, 2.45) is 16.8 Å². The molecule has 1 aliphatic rings. The summed E-state index contributed by atoms with van der Waals surface area (Å²) in [5.74, 6) is -2.44. The Labute approximate surface area is 622 Å². The van der Waals surface area contributed by atoms with Gasteiger partial charge in [-0.1, -0.05) is 109 Å². The van der Waals surface area contributed by atoms with Gasteiger partial charge in [0.2, 0.25) is 0 Å². The van der Waals surface area contributed by atoms with Crippen molar-refractivity contribution in [2.75, 3.05) is 13.2 Å². The van der Waals surface area contributed by atoms with Crippen LogP contribution < -0.4 is 15.9 Å². The second-order valence-corrected chi connectivity index (χ2v) is 27.6. The molecule has 0 fully saturated rings. The predicted octanol–water partition coefficient (Wildman–Crippen LogP) is 22.4. The average molecular weight is 1540 g/mol. The zero-order valence-electron chi connectivity index (χ0n) is 61.6. The van der Waals surface area contributed by atoms with Gasteiger partial charge in [-0.3, -0.25) is 28.0 Å². The van der Waals surface area contributed by atoms with E-state index in [1.165, 1.54) is 55.5 Å². The molecule has 10 aromatic rings. The van der Waals surface area contributed by atoms with Crippen molar-refractivity contribution in [1.82, 2.24) is 9.05 Å². The van der Waals surface area contributed by atoms with Crippen molar-refractivity contribution in [3.8, 4) is 33.7 Å². The van der Waals surface area contributed by atoms with Crippen molar-refractivity contribution in [3.63, 3.8) is 0 Å². The highest BCUT2D eigenvalue weighted by Gasteiger charge is 2.42. The Morgan fingerprint density at radius 3 is 1.54 bits per heavy atom. The quantitative estimate of drug-likeness (QED) is 0.0136. The number of aliphatic imine (C=N–C) groups is 1. The van der Waals surface area contributed by atoms with Crippen LogP contribution in [0.3, 0.4) is 0 Å². The third-order valence-corrected chi connectivity index (χ3v) is 20.5. The molecule has 0 saturated heterocycles. The molecule has 4 heterocycles. The van der Waals surface area contributed by atoms with Gasteiger partial charge in [0.25, 0.3) is 11.1 Å². The van der Waals surface area contributed by atoms with E-state index in [2.05, 4.69) is 0 Å². The fraction of sp³-hybridized carbons (Fsp3) is 0.349. The van der Waals surface area contributed by atoms with Crippen LogP contribution in [0.15, 0.2) is 145 Å². The van der Waals surface area contributed by atoms with Gasteiger partial charge < -0.3 is 23.1 Å². The lowest BCUT2D eigenvalue weighted by Gasteiger charge is -2.27. The monoisotopic (exact) mass is 1540 g/mol. The minimum absolute atomic E-state index is 0.00659. The minimum atomic E-state index is -5.43. The first-order valence-corrected chi connectivity index (χ1v) is 36.1. The molecular formula is C83H76BF14N3O9. The average Bonchev–Trinajstić information content (AvgIpc) is 0.984. The van der Waals surface area contributed by atoms with Crippen molar-refractivity contribution in [3.05, 3.63) is 214 Å². The molecule has 1 aliphatic heterocycles. The summed E-state index contributed by atoms with van der Waals surface area (Å²) in [5, 5.41) is -2.32. The van der Waals surface area contributed by atoms with Crippen LogP contribution in [0.1, 0.15) is 179 Å². The fourth-order valence-electron chi connectivity index (χ4n) is 15.2. The smallest absolute Gasteiger partial charge is 0.462 e. The molecule has 0 spiro atoms. The maximum Gasteiger partial charge on any atom is 0.677 e. The van der Waals surface area contributed by atoms with Crippen LogP contribution in [0.4, 0.5) is 61.3 Å². The zero-order valence-corrected chi connectivity index (χ0v) is 61.6. The highest BCUT2D eigenvalue weighted by molar-refractivity contribution is 6.42. The summed E-state index contributed by atoms with van der Waals surface area (Å²) >= 11 is 0. The van der Waals surface area contributed by atoms with Crippen molar-refractivity contribution in [2.45, 2.75) is 165 Å². The number of alkyl halides is 12. The van der Waals surface area contributed by atoms with E-state index in [1.807, 2.05) is 27.7 Å². The maximum absolute atomic E-state index is 16.2. The van der Waals surface area contributed by atoms with Crippen LogP contribution in [-0.2, 0) is 63.0 Å². The summed E-state index contributed by atoms with van der Waals surface area (Å²) in [5.41, 5.74) is -11.0. The summed E-state index contributed by atoms with van der Waals surface area (Å²) in [6.07, 6.45) is -15.6. The molecule has 11 rings (SSSR count). The van der Waals surface area contributed by atoms with Gasteiger partial charge in [-0.15, -0.1) is 0 Å². The highest BCUT2D eigenvalue weighted by atomic mass is 19.4. The summed E-state index contributed by atoms with van der Waals surface area (Å²) in [6, 6.07) is 16.8. The molecule has 2 unspecified atom stereocenters. The summed E-state index contributed by atoms with van der Waals surface area (Å²) in [7, 11) is -3.24. The standard InChI is InChI=1S/C83H76BF14N3O9/c1-11-17-21-46(13-3)29-51-36-58(37-52(30-47(14-4)22-18-12-2)68(51)72(73-42(7)66(44(9)99-73)78(105)107-15-5)74-43(8)67(79(106)108-16-6)45(10)101(74)84(97)98)109-65(102)31-48-25-27-57(28-26-48)100-76(103)62-40-60(49-32-53(80(85,86)87)38-54(33-49)81(88,89)90)69-59-23-19-20-24-64(59)110-75-61(41-63(77(100)104)70(62)71(69)75)50-34-55(82(91,92)93)39-56(35-50)83(94,95)96/h19-20,23-28,32-41,46-47H,11-18,21-22,29-31H2,1-10H3/b73-72-. The summed E-state index contributed by atoms with van der Waals surface area (Å²) in [4.78, 5) is 78.4. The Bertz CT molecular complexity index is 5370. The van der Waals surface area contributed by atoms with E-state index >= 15 is 18.2 Å². The van der Waals surface area contributed by atoms with E-state index in [0.29, 0.717) is 76.8 Å². The van der Waals surface area contributed by atoms with E-state index < -0.39 is 134 Å². The third kappa shape index (κ3) is 15.8. The second-order valence-electron chi connectivity index (χ2n) is 27.6. The van der Waals surface area contributed by atoms with E-state index in [0.717, 1.165) is 55.1 Å². The van der Waals surface area contributed by atoms with E-state index in [1.54, 1.807) is 46.8 Å². The Morgan fingerprint density at radius 2 is 1.05 bits per heavy atom. The van der Waals surface area contributed by atoms with Crippen LogP contribution in [0.25, 0.3) is 77.0 Å². The SMILES string of the molecule is CCCCC(CC)Cc1cc(OC(=O)Cc2ccc(-n3c(=O)c4cc(-c5cc(C(F)(F)F)cc(C(F)(F)F)c5)c5oc6ccccc6c6c(-c7cc(C(F)(F)F)cc(C(F)(F)F)c7)cc(c3=O)c4c56)cc2)cc(CC(CC)CCCC)c1/C(=C1/N=C(C)C(C(=O)OCC)=C1C)c1c(C)c(C(=O)OCC)c(C)n1B(F)F. The number of esters is 3. The number of benzene rings is 7. The van der Waals surface area contributed by atoms with E-state index in [-0.39, 0.29) is 121 Å². The Balaban J connectivity index is 1.11. The molecule has 7 aromatic carbocycles. The molecule has 12 nitrogen and oxygen atoms in total. The van der Waals surface area contributed by atoms with Crippen LogP contribution in [-0.4, -0.2) is 53.3 Å². The molecule has 0 amide bonds. The number of hydrogen-bond donors (Lipinski definition) is 0. The van der Waals surface area contributed by atoms with Gasteiger partial charge in [0.1, 0.15) is 16.9 Å². The number of allylic oxidation sites excluding steroid dienone is 1. The number of unbranched alkanes of at least 4 members (excludes halogenated alkanes) is 2. The number of halogens is 14. The third-order valence-electron chi connectivity index (χ3n) is 20.5. The second kappa shape index (κ2) is 31.6. The molecular weight excluding hydrogens is 1460 g/mol. The molecule has 2 atom stereocenters. The highest BCUT2D eigenvalue weighted by Crippen LogP contribution is 2.51. The number of carbonyl (C=O) groups excluding carboxylic acids is 3. The molecule has 3 aromatic heterocycles. The number of ether oxygens (including phenoxy) is 3. The van der Waals surface area contributed by atoms with Gasteiger partial charge in [0.15, 0.2) is 0 Å². The van der Waals surface area contributed by atoms with Crippen LogP contribution in [0.2, 0.25) is 0 Å². The summed E-state index contributed by atoms with van der Waals surface area (Å²) < 4.78 is 234. The van der Waals surface area contributed by atoms with Crippen molar-refractivity contribution in [1.29, 1.82) is 0 Å². The van der Waals surface area contributed by atoms with Crippen molar-refractivity contribution < 1.29 is 94.3 Å². The number of aromatic nitrogens is 2. The lowest BCUT2D eigenvalue weighted by atomic mass is 9.80. The van der Waals surface area contributed by atoms with Gasteiger partial charge in [0, 0.05) is 54.8 Å². The number of para-hydroxylation sites is 1. The molecule has 578 valence electrons. The van der Waals surface area contributed by atoms with Gasteiger partial charge in [-0.2, -0.15) is 52.7 Å².